The summed E-state index contributed by atoms with van der Waals surface area (Å²) < 4.78 is 92.6. The van der Waals surface area contributed by atoms with E-state index in [9.17, 15) is 26.3 Å². The Hall–Kier alpha value is -1.14. The van der Waals surface area contributed by atoms with Crippen LogP contribution in [-0.2, 0) is 4.74 Å². The van der Waals surface area contributed by atoms with Crippen LogP contribution in [-0.4, -0.2) is 18.0 Å². The molecule has 0 radical (unpaired) electrons. The highest BCUT2D eigenvalue weighted by atomic mass is 19.3. The van der Waals surface area contributed by atoms with E-state index in [1.54, 1.807) is 0 Å². The van der Waals surface area contributed by atoms with E-state index >= 15 is 0 Å². The van der Waals surface area contributed by atoms with E-state index in [4.69, 9.17) is 0 Å². The van der Waals surface area contributed by atoms with E-state index in [1.165, 1.54) is 0 Å². The Balaban J connectivity index is 1.61. The van der Waals surface area contributed by atoms with Gasteiger partial charge in [-0.15, -0.1) is 0 Å². The molecule has 0 N–H and O–H groups in total. The zero-order valence-corrected chi connectivity index (χ0v) is 20.5. The van der Waals surface area contributed by atoms with Crippen molar-refractivity contribution in [2.45, 2.75) is 122 Å². The molecule has 2 fully saturated rings. The number of hydrogen-bond acceptors (Lipinski definition) is 1. The van der Waals surface area contributed by atoms with Crippen LogP contribution in [0.3, 0.4) is 0 Å². The van der Waals surface area contributed by atoms with Crippen molar-refractivity contribution in [1.29, 1.82) is 0 Å². The van der Waals surface area contributed by atoms with Crippen LogP contribution in [0.2, 0.25) is 0 Å². The quantitative estimate of drug-likeness (QED) is 0.275. The first-order chi connectivity index (χ1) is 16.0. The summed E-state index contributed by atoms with van der Waals surface area (Å²) in [5.41, 5.74) is -0.646. The summed E-state index contributed by atoms with van der Waals surface area (Å²) in [6.45, 7) is 4.18. The molecule has 34 heavy (non-hydrogen) atoms. The summed E-state index contributed by atoms with van der Waals surface area (Å²) in [5, 5.41) is 0. The van der Waals surface area contributed by atoms with E-state index in [0.29, 0.717) is 30.8 Å². The van der Waals surface area contributed by atoms with Crippen LogP contribution >= 0.6 is 0 Å². The van der Waals surface area contributed by atoms with E-state index in [0.717, 1.165) is 70.3 Å². The fourth-order valence-corrected chi connectivity index (χ4v) is 6.17. The van der Waals surface area contributed by atoms with E-state index in [-0.39, 0.29) is 12.3 Å². The summed E-state index contributed by atoms with van der Waals surface area (Å²) in [4.78, 5) is 0. The van der Waals surface area contributed by atoms with Gasteiger partial charge in [0.25, 0.3) is 0 Å². The van der Waals surface area contributed by atoms with Crippen molar-refractivity contribution in [3.63, 3.8) is 0 Å². The van der Waals surface area contributed by atoms with Crippen molar-refractivity contribution >= 4 is 0 Å². The van der Waals surface area contributed by atoms with Gasteiger partial charge in [-0.25, -0.2) is 0 Å². The molecule has 0 aliphatic heterocycles. The lowest BCUT2D eigenvalue weighted by Gasteiger charge is -2.39. The van der Waals surface area contributed by atoms with Gasteiger partial charge in [0.2, 0.25) is 0 Å². The van der Waals surface area contributed by atoms with Crippen molar-refractivity contribution in [1.82, 2.24) is 0 Å². The Labute approximate surface area is 200 Å². The minimum atomic E-state index is -4.79. The third-order valence-corrected chi connectivity index (χ3v) is 8.23. The molecule has 0 aromatic heterocycles. The summed E-state index contributed by atoms with van der Waals surface area (Å²) in [6, 6.07) is 0. The highest BCUT2D eigenvalue weighted by Gasteiger charge is 2.65. The minimum Gasteiger partial charge on any atom is -0.430 e. The first kappa shape index (κ1) is 27.4. The summed E-state index contributed by atoms with van der Waals surface area (Å²) in [5.74, 6) is -10.4. The molecule has 3 rings (SSSR count). The molecule has 0 bridgehead atoms. The second-order valence-electron chi connectivity index (χ2n) is 10.8. The summed E-state index contributed by atoms with van der Waals surface area (Å²) >= 11 is 0. The molecule has 0 heterocycles. The first-order valence-corrected chi connectivity index (χ1v) is 13.2. The zero-order valence-electron chi connectivity index (χ0n) is 20.5. The van der Waals surface area contributed by atoms with Crippen LogP contribution in [0, 0.1) is 23.7 Å². The highest BCUT2D eigenvalue weighted by Crippen LogP contribution is 2.53. The lowest BCUT2D eigenvalue weighted by molar-refractivity contribution is -0.265. The Morgan fingerprint density at radius 3 is 1.71 bits per heavy atom. The molecule has 0 aromatic carbocycles. The largest absolute Gasteiger partial charge is 0.430 e. The normalized spacial score (nSPS) is 31.5. The fraction of sp³-hybridized carbons (Fsp3) is 0.852. The van der Waals surface area contributed by atoms with Crippen molar-refractivity contribution < 1.29 is 31.1 Å². The third-order valence-electron chi connectivity index (χ3n) is 8.23. The molecule has 3 aliphatic rings. The second-order valence-corrected chi connectivity index (χ2v) is 10.8. The number of allylic oxidation sites excluding steroid dienone is 4. The van der Waals surface area contributed by atoms with Crippen LogP contribution in [0.25, 0.3) is 0 Å². The maximum Gasteiger partial charge on any atom is 0.397 e. The lowest BCUT2D eigenvalue weighted by Crippen LogP contribution is -2.49. The summed E-state index contributed by atoms with van der Waals surface area (Å²) in [6.07, 6.45) is 7.25. The molecule has 3 aliphatic carbocycles. The highest BCUT2D eigenvalue weighted by molar-refractivity contribution is 5.37. The van der Waals surface area contributed by atoms with Crippen LogP contribution in [0.4, 0.5) is 26.3 Å². The van der Waals surface area contributed by atoms with Crippen molar-refractivity contribution in [3.05, 3.63) is 23.5 Å². The first-order valence-electron chi connectivity index (χ1n) is 13.2. The number of alkyl halides is 6. The molecule has 0 aromatic rings. The smallest absolute Gasteiger partial charge is 0.397 e. The molecule has 196 valence electrons. The standard InChI is InChI=1S/C27H40F6O/c1-3-5-19-7-9-21(10-8-19)17-18-25(28,29)34-24-16-15-23(26(30,31)27(24,32)33)22-13-11-20(6-4-2)12-14-22/h15-16,19-22H,3-14,17-18H2,1-2H3. The van der Waals surface area contributed by atoms with E-state index < -0.39 is 41.6 Å². The van der Waals surface area contributed by atoms with Gasteiger partial charge in [-0.3, -0.25) is 0 Å². The molecular weight excluding hydrogens is 454 g/mol. The van der Waals surface area contributed by atoms with E-state index in [1.807, 2.05) is 0 Å². The fourth-order valence-electron chi connectivity index (χ4n) is 6.17. The third kappa shape index (κ3) is 6.34. The molecule has 0 atom stereocenters. The minimum absolute atomic E-state index is 0.0965. The number of hydrogen-bond donors (Lipinski definition) is 0. The molecule has 0 amide bonds. The van der Waals surface area contributed by atoms with Crippen molar-refractivity contribution in [2.24, 2.45) is 23.7 Å². The van der Waals surface area contributed by atoms with Crippen LogP contribution in [0.15, 0.2) is 23.5 Å². The predicted molar refractivity (Wildman–Crippen MR) is 122 cm³/mol. The van der Waals surface area contributed by atoms with Gasteiger partial charge in [-0.1, -0.05) is 71.3 Å². The molecule has 1 nitrogen and oxygen atoms in total. The van der Waals surface area contributed by atoms with Crippen LogP contribution in [0.1, 0.15) is 104 Å². The molecule has 7 heteroatoms. The van der Waals surface area contributed by atoms with Crippen molar-refractivity contribution in [3.8, 4) is 0 Å². The van der Waals surface area contributed by atoms with Gasteiger partial charge in [0.15, 0.2) is 5.76 Å². The second kappa shape index (κ2) is 11.3. The topological polar surface area (TPSA) is 9.23 Å². The van der Waals surface area contributed by atoms with Gasteiger partial charge in [0.05, 0.1) is 6.42 Å². The SMILES string of the molecule is CCCC1CCC(CCC(F)(F)OC2=CC=C(C3CCC(CCC)CC3)C(F)(F)C2(F)F)CC1. The maximum atomic E-state index is 14.9. The van der Waals surface area contributed by atoms with Crippen LogP contribution in [0.5, 0.6) is 0 Å². The Bertz CT molecular complexity index is 713. The zero-order chi connectivity index (χ0) is 25.0. The van der Waals surface area contributed by atoms with Gasteiger partial charge >= 0.3 is 18.0 Å². The number of rotatable bonds is 10. The Morgan fingerprint density at radius 1 is 0.735 bits per heavy atom. The number of ether oxygens (including phenoxy) is 1. The molecule has 0 saturated heterocycles. The van der Waals surface area contributed by atoms with Crippen molar-refractivity contribution in [2.75, 3.05) is 0 Å². The maximum absolute atomic E-state index is 14.9. The molecule has 0 unspecified atom stereocenters. The molecule has 0 spiro atoms. The van der Waals surface area contributed by atoms with E-state index in [2.05, 4.69) is 18.6 Å². The monoisotopic (exact) mass is 494 g/mol. The van der Waals surface area contributed by atoms with Crippen LogP contribution < -0.4 is 0 Å². The predicted octanol–water partition coefficient (Wildman–Crippen LogP) is 9.68. The van der Waals surface area contributed by atoms with Gasteiger partial charge < -0.3 is 4.74 Å². The average molecular weight is 495 g/mol. The Kier molecular flexibility index (Phi) is 9.11. The van der Waals surface area contributed by atoms with Gasteiger partial charge in [0, 0.05) is 5.57 Å². The van der Waals surface area contributed by atoms with Gasteiger partial charge in [0.1, 0.15) is 0 Å². The van der Waals surface area contributed by atoms with Gasteiger partial charge in [-0.2, -0.15) is 26.3 Å². The molecule has 2 saturated carbocycles. The Morgan fingerprint density at radius 2 is 1.21 bits per heavy atom. The number of halogens is 6. The average Bonchev–Trinajstić information content (AvgIpc) is 2.78. The lowest BCUT2D eigenvalue weighted by atomic mass is 9.73. The summed E-state index contributed by atoms with van der Waals surface area (Å²) in [7, 11) is 0. The van der Waals surface area contributed by atoms with Gasteiger partial charge in [-0.05, 0) is 61.9 Å². The molecular formula is C27H40F6O.